The number of carbonyl (C=O) groups is 2. The molecule has 22 heavy (non-hydrogen) atoms. The van der Waals surface area contributed by atoms with E-state index in [0.29, 0.717) is 0 Å². The normalized spacial score (nSPS) is 21.8. The molecule has 0 bridgehead atoms. The van der Waals surface area contributed by atoms with Crippen LogP contribution in [0.2, 0.25) is 0 Å². The quantitative estimate of drug-likeness (QED) is 0.769. The summed E-state index contributed by atoms with van der Waals surface area (Å²) in [4.78, 5) is 23.1. The Hall–Kier alpha value is -2.09. The van der Waals surface area contributed by atoms with Crippen LogP contribution in [0.4, 0.5) is 4.79 Å². The van der Waals surface area contributed by atoms with Gasteiger partial charge in [0.25, 0.3) is 0 Å². The lowest BCUT2D eigenvalue weighted by atomic mass is 10.1. The van der Waals surface area contributed by atoms with Gasteiger partial charge in [-0.25, -0.2) is 13.2 Å². The lowest BCUT2D eigenvalue weighted by molar-refractivity contribution is -0.152. The molecule has 0 aromatic heterocycles. The molecule has 1 aromatic carbocycles. The number of benzene rings is 1. The second-order valence-corrected chi connectivity index (χ2v) is 6.77. The highest BCUT2D eigenvalue weighted by molar-refractivity contribution is 7.92. The van der Waals surface area contributed by atoms with E-state index in [2.05, 4.69) is 4.74 Å². The number of sulfone groups is 1. The van der Waals surface area contributed by atoms with E-state index in [9.17, 15) is 18.0 Å². The molecule has 0 radical (unpaired) electrons. The number of ether oxygens (including phenoxy) is 3. The van der Waals surface area contributed by atoms with E-state index in [0.717, 1.165) is 0 Å². The van der Waals surface area contributed by atoms with E-state index in [1.807, 2.05) is 0 Å². The van der Waals surface area contributed by atoms with Gasteiger partial charge in [0, 0.05) is 6.42 Å². The first-order chi connectivity index (χ1) is 10.4. The van der Waals surface area contributed by atoms with Crippen molar-refractivity contribution < 1.29 is 32.2 Å². The molecule has 8 heteroatoms. The number of esters is 1. The van der Waals surface area contributed by atoms with Crippen molar-refractivity contribution in [1.82, 2.24) is 0 Å². The van der Waals surface area contributed by atoms with Gasteiger partial charge in [-0.2, -0.15) is 0 Å². The van der Waals surface area contributed by atoms with Gasteiger partial charge in [-0.05, 0) is 19.1 Å². The fourth-order valence-corrected chi connectivity index (χ4v) is 3.72. The Morgan fingerprint density at radius 1 is 1.32 bits per heavy atom. The SMILES string of the molecule is CCOC(=O)O[C@H]1COC(=O)C(S(=O)(=O)c2ccccc2)C1. The molecule has 2 atom stereocenters. The molecular formula is C14H16O7S. The molecule has 1 aliphatic rings. The van der Waals surface area contributed by atoms with E-state index in [4.69, 9.17) is 9.47 Å². The molecule has 1 unspecified atom stereocenters. The Morgan fingerprint density at radius 3 is 2.64 bits per heavy atom. The number of rotatable bonds is 4. The van der Waals surface area contributed by atoms with Crippen molar-refractivity contribution >= 4 is 22.0 Å². The largest absolute Gasteiger partial charge is 0.508 e. The molecule has 1 fully saturated rings. The second-order valence-electron chi connectivity index (χ2n) is 4.64. The molecule has 0 aliphatic carbocycles. The van der Waals surface area contributed by atoms with Crippen molar-refractivity contribution in [2.24, 2.45) is 0 Å². The standard InChI is InChI=1S/C14H16O7S/c1-2-19-14(16)21-10-8-12(13(15)20-9-10)22(17,18)11-6-4-3-5-7-11/h3-7,10,12H,2,8-9H2,1H3/t10-,12?/m1/s1. The van der Waals surface area contributed by atoms with Crippen LogP contribution in [0, 0.1) is 0 Å². The van der Waals surface area contributed by atoms with Crippen LogP contribution in [0.25, 0.3) is 0 Å². The van der Waals surface area contributed by atoms with Crippen LogP contribution in [0.5, 0.6) is 0 Å². The highest BCUT2D eigenvalue weighted by Crippen LogP contribution is 2.25. The summed E-state index contributed by atoms with van der Waals surface area (Å²) >= 11 is 0. The van der Waals surface area contributed by atoms with E-state index in [1.165, 1.54) is 12.1 Å². The fourth-order valence-electron chi connectivity index (χ4n) is 2.07. The zero-order valence-corrected chi connectivity index (χ0v) is 12.7. The predicted octanol–water partition coefficient (Wildman–Crippen LogP) is 1.32. The van der Waals surface area contributed by atoms with Crippen LogP contribution in [-0.2, 0) is 28.8 Å². The average molecular weight is 328 g/mol. The molecule has 0 spiro atoms. The third kappa shape index (κ3) is 3.56. The number of cyclic esters (lactones) is 1. The van der Waals surface area contributed by atoms with Crippen molar-refractivity contribution in [3.8, 4) is 0 Å². The minimum Gasteiger partial charge on any atom is -0.461 e. The zero-order valence-electron chi connectivity index (χ0n) is 11.9. The van der Waals surface area contributed by atoms with E-state index < -0.39 is 33.3 Å². The van der Waals surface area contributed by atoms with Crippen LogP contribution in [0.15, 0.2) is 35.2 Å². The van der Waals surface area contributed by atoms with E-state index in [-0.39, 0.29) is 24.5 Å². The minimum atomic E-state index is -3.90. The number of hydrogen-bond donors (Lipinski definition) is 0. The molecule has 0 amide bonds. The first-order valence-electron chi connectivity index (χ1n) is 6.74. The summed E-state index contributed by atoms with van der Waals surface area (Å²) < 4.78 is 39.4. The number of hydrogen-bond acceptors (Lipinski definition) is 7. The van der Waals surface area contributed by atoms with Gasteiger partial charge >= 0.3 is 12.1 Å². The van der Waals surface area contributed by atoms with Crippen molar-refractivity contribution in [1.29, 1.82) is 0 Å². The van der Waals surface area contributed by atoms with Crippen molar-refractivity contribution in [3.63, 3.8) is 0 Å². The van der Waals surface area contributed by atoms with Crippen molar-refractivity contribution in [2.45, 2.75) is 29.6 Å². The Morgan fingerprint density at radius 2 is 2.00 bits per heavy atom. The van der Waals surface area contributed by atoms with Crippen LogP contribution < -0.4 is 0 Å². The molecule has 0 N–H and O–H groups in total. The highest BCUT2D eigenvalue weighted by atomic mass is 32.2. The molecule has 2 rings (SSSR count). The molecule has 1 aliphatic heterocycles. The lowest BCUT2D eigenvalue weighted by Gasteiger charge is -2.27. The lowest BCUT2D eigenvalue weighted by Crippen LogP contribution is -2.44. The second kappa shape index (κ2) is 6.78. The van der Waals surface area contributed by atoms with Crippen molar-refractivity contribution in [3.05, 3.63) is 30.3 Å². The van der Waals surface area contributed by atoms with E-state index in [1.54, 1.807) is 25.1 Å². The summed E-state index contributed by atoms with van der Waals surface area (Å²) in [5, 5.41) is -1.40. The number of carbonyl (C=O) groups excluding carboxylic acids is 2. The van der Waals surface area contributed by atoms with Gasteiger partial charge in [-0.1, -0.05) is 18.2 Å². The molecule has 1 heterocycles. The Bertz CT molecular complexity index is 638. The third-order valence-electron chi connectivity index (χ3n) is 3.12. The maximum Gasteiger partial charge on any atom is 0.508 e. The first-order valence-corrected chi connectivity index (χ1v) is 8.28. The van der Waals surface area contributed by atoms with Gasteiger partial charge in [-0.15, -0.1) is 0 Å². The van der Waals surface area contributed by atoms with Crippen molar-refractivity contribution in [2.75, 3.05) is 13.2 Å². The molecule has 0 saturated carbocycles. The molecule has 1 saturated heterocycles. The summed E-state index contributed by atoms with van der Waals surface area (Å²) in [6.45, 7) is 1.57. The minimum absolute atomic E-state index is 0.0220. The molecule has 1 aromatic rings. The van der Waals surface area contributed by atoms with Crippen LogP contribution >= 0.6 is 0 Å². The Balaban J connectivity index is 2.15. The third-order valence-corrected chi connectivity index (χ3v) is 5.19. The zero-order chi connectivity index (χ0) is 16.2. The van der Waals surface area contributed by atoms with Crippen LogP contribution in [0.3, 0.4) is 0 Å². The van der Waals surface area contributed by atoms with Gasteiger partial charge in [0.1, 0.15) is 12.7 Å². The highest BCUT2D eigenvalue weighted by Gasteiger charge is 2.42. The maximum atomic E-state index is 12.5. The van der Waals surface area contributed by atoms with Crippen LogP contribution in [-0.4, -0.2) is 45.1 Å². The summed E-state index contributed by atoms with van der Waals surface area (Å²) in [5.41, 5.74) is 0. The van der Waals surface area contributed by atoms with Crippen LogP contribution in [0.1, 0.15) is 13.3 Å². The summed E-state index contributed by atoms with van der Waals surface area (Å²) in [5.74, 6) is -0.840. The monoisotopic (exact) mass is 328 g/mol. The van der Waals surface area contributed by atoms with Gasteiger partial charge < -0.3 is 14.2 Å². The smallest absolute Gasteiger partial charge is 0.461 e. The molecule has 7 nitrogen and oxygen atoms in total. The van der Waals surface area contributed by atoms with E-state index >= 15 is 0 Å². The topological polar surface area (TPSA) is 96.0 Å². The molecular weight excluding hydrogens is 312 g/mol. The Kier molecular flexibility index (Phi) is 5.02. The summed E-state index contributed by atoms with van der Waals surface area (Å²) in [6.07, 6.45) is -1.92. The Labute approximate surface area is 128 Å². The summed E-state index contributed by atoms with van der Waals surface area (Å²) in [7, 11) is -3.90. The maximum absolute atomic E-state index is 12.5. The molecule has 120 valence electrons. The van der Waals surface area contributed by atoms with Gasteiger partial charge in [0.05, 0.1) is 11.5 Å². The first kappa shape index (κ1) is 16.3. The fraction of sp³-hybridized carbons (Fsp3) is 0.429. The van der Waals surface area contributed by atoms with Gasteiger partial charge in [0.2, 0.25) is 0 Å². The average Bonchev–Trinajstić information content (AvgIpc) is 2.50. The van der Waals surface area contributed by atoms with Gasteiger partial charge in [0.15, 0.2) is 15.1 Å². The predicted molar refractivity (Wildman–Crippen MR) is 74.9 cm³/mol. The van der Waals surface area contributed by atoms with Gasteiger partial charge in [-0.3, -0.25) is 4.79 Å². The summed E-state index contributed by atoms with van der Waals surface area (Å²) in [6, 6.07) is 7.60.